The zero-order valence-electron chi connectivity index (χ0n) is 35.1. The van der Waals surface area contributed by atoms with Crippen LogP contribution in [0.25, 0.3) is 61.4 Å². The fourth-order valence-corrected chi connectivity index (χ4v) is 8.39. The number of hydrogen-bond acceptors (Lipinski definition) is 4. The van der Waals surface area contributed by atoms with Crippen LogP contribution in [-0.2, 0) is 26.3 Å². The first-order valence-corrected chi connectivity index (χ1v) is 23.3. The molecule has 59 heavy (non-hydrogen) atoms. The van der Waals surface area contributed by atoms with Crippen molar-refractivity contribution in [1.82, 2.24) is 19.5 Å². The maximum atomic E-state index is 13.5. The second-order valence-electron chi connectivity index (χ2n) is 16.9. The van der Waals surface area contributed by atoms with Crippen LogP contribution in [0.3, 0.4) is 0 Å². The third kappa shape index (κ3) is 8.72. The van der Waals surface area contributed by atoms with Gasteiger partial charge < -0.3 is 14.0 Å². The van der Waals surface area contributed by atoms with E-state index in [2.05, 4.69) is 155 Å². The number of alkyl halides is 3. The average molecular weight is 987 g/mol. The van der Waals surface area contributed by atoms with Crippen molar-refractivity contribution in [3.8, 4) is 28.3 Å². The van der Waals surface area contributed by atoms with Gasteiger partial charge in [-0.25, -0.2) is 4.98 Å². The van der Waals surface area contributed by atoms with Gasteiger partial charge in [0.05, 0.1) is 30.5 Å². The van der Waals surface area contributed by atoms with Crippen LogP contribution in [0.15, 0.2) is 102 Å². The Bertz CT molecular complexity index is 2720. The molecule has 307 valence electrons. The molecule has 4 aromatic carbocycles. The summed E-state index contributed by atoms with van der Waals surface area (Å²) in [5.41, 5.74) is 9.61. The molecule has 0 N–H and O–H groups in total. The molecular formula is C49H49F3IrN4OSi-2. The molecule has 10 heteroatoms. The number of hydrogen-bond donors (Lipinski definition) is 0. The molecule has 8 rings (SSSR count). The smallest absolute Gasteiger partial charge is 0.433 e. The largest absolute Gasteiger partial charge is 0.486 e. The van der Waals surface area contributed by atoms with Gasteiger partial charge in [-0.3, -0.25) is 4.98 Å². The molecule has 0 aliphatic heterocycles. The molecule has 0 saturated carbocycles. The van der Waals surface area contributed by atoms with E-state index in [1.807, 2.05) is 12.3 Å². The van der Waals surface area contributed by atoms with Gasteiger partial charge in [-0.15, -0.1) is 53.6 Å². The maximum Gasteiger partial charge on any atom is 0.433 e. The topological polar surface area (TPSA) is 56.7 Å². The Kier molecular flexibility index (Phi) is 12.6. The van der Waals surface area contributed by atoms with Crippen LogP contribution < -0.4 is 5.19 Å². The normalized spacial score (nSPS) is 12.1. The van der Waals surface area contributed by atoms with Crippen LogP contribution in [0, 0.1) is 19.1 Å². The number of aromatic nitrogens is 4. The summed E-state index contributed by atoms with van der Waals surface area (Å²) in [5, 5.41) is 2.58. The van der Waals surface area contributed by atoms with Gasteiger partial charge in [-0.2, -0.15) is 13.2 Å². The van der Waals surface area contributed by atoms with Gasteiger partial charge in [0.1, 0.15) is 5.69 Å². The number of rotatable bonds is 7. The van der Waals surface area contributed by atoms with Gasteiger partial charge in [-0.05, 0) is 63.5 Å². The van der Waals surface area contributed by atoms with E-state index >= 15 is 0 Å². The van der Waals surface area contributed by atoms with Crippen molar-refractivity contribution >= 4 is 46.4 Å². The van der Waals surface area contributed by atoms with Crippen molar-refractivity contribution in [3.63, 3.8) is 0 Å². The molecule has 0 fully saturated rings. The van der Waals surface area contributed by atoms with Crippen molar-refractivity contribution in [2.24, 2.45) is 0 Å². The first-order chi connectivity index (χ1) is 27.4. The van der Waals surface area contributed by atoms with Crippen LogP contribution in [-0.4, -0.2) is 27.6 Å². The number of para-hydroxylation sites is 2. The maximum absolute atomic E-state index is 13.5. The van der Waals surface area contributed by atoms with Crippen molar-refractivity contribution in [1.29, 1.82) is 0 Å². The Morgan fingerprint density at radius 1 is 0.729 bits per heavy atom. The van der Waals surface area contributed by atoms with Gasteiger partial charge >= 0.3 is 6.18 Å². The Morgan fingerprint density at radius 2 is 1.39 bits per heavy atom. The van der Waals surface area contributed by atoms with E-state index in [0.717, 1.165) is 39.6 Å². The van der Waals surface area contributed by atoms with E-state index in [4.69, 9.17) is 9.40 Å². The number of imidazole rings is 1. The van der Waals surface area contributed by atoms with Crippen LogP contribution in [0.1, 0.15) is 87.2 Å². The number of nitrogens with zero attached hydrogens (tertiary/aromatic N) is 4. The van der Waals surface area contributed by atoms with Gasteiger partial charge in [-0.1, -0.05) is 122 Å². The van der Waals surface area contributed by atoms with Crippen molar-refractivity contribution in [2.75, 3.05) is 0 Å². The van der Waals surface area contributed by atoms with E-state index in [0.29, 0.717) is 27.7 Å². The first kappa shape index (κ1) is 43.7. The molecule has 4 heterocycles. The molecule has 4 aromatic heterocycles. The Balaban J connectivity index is 0.000000273. The van der Waals surface area contributed by atoms with E-state index in [1.165, 1.54) is 27.9 Å². The Morgan fingerprint density at radius 3 is 1.97 bits per heavy atom. The molecule has 0 aliphatic rings. The van der Waals surface area contributed by atoms with Crippen LogP contribution in [0.4, 0.5) is 13.2 Å². The average Bonchev–Trinajstić information content (AvgIpc) is 3.76. The quantitative estimate of drug-likeness (QED) is 0.118. The second kappa shape index (κ2) is 17.0. The van der Waals surface area contributed by atoms with Gasteiger partial charge in [0, 0.05) is 37.4 Å². The molecule has 0 spiro atoms. The number of furan rings is 1. The fourth-order valence-electron chi connectivity index (χ4n) is 7.36. The molecule has 5 nitrogen and oxygen atoms in total. The summed E-state index contributed by atoms with van der Waals surface area (Å²) in [6.07, 6.45) is -2.55. The van der Waals surface area contributed by atoms with E-state index < -0.39 is 19.9 Å². The molecule has 0 amide bonds. The third-order valence-electron chi connectivity index (χ3n) is 10.6. The minimum atomic E-state index is -4.57. The second-order valence-corrected chi connectivity index (χ2v) is 22.0. The molecular weight excluding hydrogens is 938 g/mol. The van der Waals surface area contributed by atoms with E-state index in [9.17, 15) is 13.2 Å². The molecule has 0 saturated heterocycles. The van der Waals surface area contributed by atoms with E-state index in [-0.39, 0.29) is 43.6 Å². The molecule has 0 aliphatic carbocycles. The summed E-state index contributed by atoms with van der Waals surface area (Å²) in [4.78, 5) is 13.6. The Hall–Kier alpha value is -4.89. The van der Waals surface area contributed by atoms with Crippen LogP contribution in [0.2, 0.25) is 19.6 Å². The summed E-state index contributed by atoms with van der Waals surface area (Å²) in [6, 6.07) is 35.7. The van der Waals surface area contributed by atoms with Crippen molar-refractivity contribution < 1.29 is 37.7 Å². The SMILES string of the molecule is CC(C)c1cccc(C(C)C)c1-n1c(-c2[c-]ccc3c2oc2nc(C(F)(F)F)ccc23)nc2c(C(C)C)cccc21.Cc1c[c-]c(-c2ccc([Si](C)(C)C)cn2)cc1.[Ir]. The van der Waals surface area contributed by atoms with Gasteiger partial charge in [0.15, 0.2) is 0 Å². The van der Waals surface area contributed by atoms with Gasteiger partial charge in [0.2, 0.25) is 5.71 Å². The standard InChI is InChI=1S/C34H31F3N3O.C15H18NSi.Ir/c1-18(2)21-10-9-15-27-29(21)39-32(40(27)30-22(19(3)4)11-7-12-23(30)20(5)6)26-14-8-13-24-25-16-17-28(34(35,36)37)38-33(25)41-31(24)26;1-12-5-7-13(8-6-12)15-10-9-14(11-16-15)17(2,3)4;/h7-13,15-20H,1-6H3;5-7,9-11H,1-4H3;/q2*-1;. The van der Waals surface area contributed by atoms with E-state index in [1.54, 1.807) is 12.1 Å². The number of aryl methyl sites for hydroxylation is 1. The molecule has 0 atom stereocenters. The zero-order chi connectivity index (χ0) is 41.7. The fraction of sp³-hybridized carbons (Fsp3) is 0.286. The molecule has 0 bridgehead atoms. The monoisotopic (exact) mass is 987 g/mol. The summed E-state index contributed by atoms with van der Waals surface area (Å²) >= 11 is 0. The van der Waals surface area contributed by atoms with Gasteiger partial charge in [0.25, 0.3) is 0 Å². The number of pyridine rings is 2. The first-order valence-electron chi connectivity index (χ1n) is 19.8. The predicted octanol–water partition coefficient (Wildman–Crippen LogP) is 13.6. The summed E-state index contributed by atoms with van der Waals surface area (Å²) in [6.45, 7) is 22.1. The molecule has 0 unspecified atom stereocenters. The number of benzene rings is 4. The summed E-state index contributed by atoms with van der Waals surface area (Å²) in [7, 11) is -1.24. The van der Waals surface area contributed by atoms with Crippen molar-refractivity contribution in [3.05, 3.63) is 137 Å². The minimum Gasteiger partial charge on any atom is -0.486 e. The zero-order valence-corrected chi connectivity index (χ0v) is 38.5. The third-order valence-corrected chi connectivity index (χ3v) is 12.6. The summed E-state index contributed by atoms with van der Waals surface area (Å²) in [5.74, 6) is 1.33. The Labute approximate surface area is 359 Å². The number of halogens is 3. The van der Waals surface area contributed by atoms with Crippen LogP contribution in [0.5, 0.6) is 0 Å². The molecule has 1 radical (unpaired) electrons. The molecule has 8 aromatic rings. The summed E-state index contributed by atoms with van der Waals surface area (Å²) < 4.78 is 48.7. The van der Waals surface area contributed by atoms with Crippen LogP contribution >= 0.6 is 0 Å². The minimum absolute atomic E-state index is 0. The number of fused-ring (bicyclic) bond motifs is 4. The predicted molar refractivity (Wildman–Crippen MR) is 234 cm³/mol. The van der Waals surface area contributed by atoms with Crippen molar-refractivity contribution in [2.45, 2.75) is 92.0 Å².